The minimum absolute atomic E-state index is 0.0206. The van der Waals surface area contributed by atoms with Crippen LogP contribution in [0.5, 0.6) is 5.75 Å². The zero-order chi connectivity index (χ0) is 22.7. The summed E-state index contributed by atoms with van der Waals surface area (Å²) in [6.07, 6.45) is 7.38. The molecule has 6 rings (SSSR count). The number of hydrogen-bond donors (Lipinski definition) is 1. The minimum atomic E-state index is -0.750. The molecule has 0 bridgehead atoms. The number of nitrogens with zero attached hydrogens (tertiary/aromatic N) is 2. The molecule has 1 N–H and O–H groups in total. The van der Waals surface area contributed by atoms with Gasteiger partial charge in [0.15, 0.2) is 11.6 Å². The van der Waals surface area contributed by atoms with E-state index in [1.807, 2.05) is 0 Å². The van der Waals surface area contributed by atoms with E-state index >= 15 is 4.39 Å². The van der Waals surface area contributed by atoms with Crippen LogP contribution in [0.25, 0.3) is 0 Å². The molecule has 2 saturated carbocycles. The van der Waals surface area contributed by atoms with E-state index in [4.69, 9.17) is 4.74 Å². The van der Waals surface area contributed by atoms with Gasteiger partial charge in [0.25, 0.3) is 5.91 Å². The minimum Gasteiger partial charge on any atom is -0.486 e. The number of halogens is 1. The highest BCUT2D eigenvalue weighted by molar-refractivity contribution is 6.05. The maximum atomic E-state index is 15.5. The molecule has 3 aliphatic heterocycles. The Morgan fingerprint density at radius 2 is 1.76 bits per heavy atom. The summed E-state index contributed by atoms with van der Waals surface area (Å²) >= 11 is 0. The van der Waals surface area contributed by atoms with Gasteiger partial charge in [-0.2, -0.15) is 0 Å². The van der Waals surface area contributed by atoms with Crippen molar-refractivity contribution in [1.82, 2.24) is 15.1 Å². The van der Waals surface area contributed by atoms with Gasteiger partial charge in [0.2, 0.25) is 11.8 Å². The highest BCUT2D eigenvalue weighted by Crippen LogP contribution is 2.43. The van der Waals surface area contributed by atoms with Crippen LogP contribution in [0.1, 0.15) is 67.3 Å². The molecule has 1 aromatic carbocycles. The fraction of sp³-hybridized carbons (Fsp3) is 0.640. The molecule has 3 amide bonds. The fourth-order valence-electron chi connectivity index (χ4n) is 6.15. The molecule has 1 aromatic rings. The first-order valence-corrected chi connectivity index (χ1v) is 12.4. The standard InChI is InChI=1S/C25H30FN3O4/c26-23-17-13-29(19-8-10-22(30)27-24(19)31)25(32)16(17)7-9-21(23)33-20-4-2-1-3-18(20)28-11-15(12-28)14-5-6-14/h7,9,14-15,18-20H,1-6,8,10-13H2,(H,27,30,31)/t18-,19?,20-/m0/s1. The van der Waals surface area contributed by atoms with E-state index in [0.29, 0.717) is 6.04 Å². The molecule has 3 heterocycles. The topological polar surface area (TPSA) is 79.0 Å². The Balaban J connectivity index is 1.17. The second-order valence-corrected chi connectivity index (χ2v) is 10.4. The summed E-state index contributed by atoms with van der Waals surface area (Å²) in [5, 5.41) is 2.28. The molecule has 1 unspecified atom stereocenters. The first-order valence-electron chi connectivity index (χ1n) is 12.4. The van der Waals surface area contributed by atoms with Gasteiger partial charge in [0.05, 0.1) is 6.54 Å². The summed E-state index contributed by atoms with van der Waals surface area (Å²) in [5.74, 6) is 0.245. The highest BCUT2D eigenvalue weighted by atomic mass is 19.1. The number of hydrogen-bond acceptors (Lipinski definition) is 5. The molecule has 3 atom stereocenters. The zero-order valence-electron chi connectivity index (χ0n) is 18.7. The van der Waals surface area contributed by atoms with E-state index in [9.17, 15) is 14.4 Å². The van der Waals surface area contributed by atoms with Gasteiger partial charge in [-0.05, 0) is 62.5 Å². The molecule has 2 aliphatic carbocycles. The molecule has 176 valence electrons. The second-order valence-electron chi connectivity index (χ2n) is 10.4. The van der Waals surface area contributed by atoms with Crippen molar-refractivity contribution in [2.45, 2.75) is 76.1 Å². The lowest BCUT2D eigenvalue weighted by Crippen LogP contribution is -2.58. The third-order valence-corrected chi connectivity index (χ3v) is 8.26. The van der Waals surface area contributed by atoms with E-state index in [2.05, 4.69) is 10.2 Å². The van der Waals surface area contributed by atoms with Gasteiger partial charge in [-0.1, -0.05) is 6.42 Å². The van der Waals surface area contributed by atoms with Crippen molar-refractivity contribution in [2.75, 3.05) is 13.1 Å². The maximum Gasteiger partial charge on any atom is 0.255 e. The van der Waals surface area contributed by atoms with Crippen LogP contribution < -0.4 is 10.1 Å². The fourth-order valence-corrected chi connectivity index (χ4v) is 6.15. The third kappa shape index (κ3) is 3.72. The molecule has 2 saturated heterocycles. The normalized spacial score (nSPS) is 30.8. The molecule has 33 heavy (non-hydrogen) atoms. The second kappa shape index (κ2) is 8.08. The smallest absolute Gasteiger partial charge is 0.255 e. The van der Waals surface area contributed by atoms with E-state index in [0.717, 1.165) is 44.2 Å². The van der Waals surface area contributed by atoms with Crippen molar-refractivity contribution in [3.63, 3.8) is 0 Å². The molecule has 5 aliphatic rings. The number of carbonyl (C=O) groups excluding carboxylic acids is 3. The van der Waals surface area contributed by atoms with Crippen LogP contribution in [0.2, 0.25) is 0 Å². The van der Waals surface area contributed by atoms with E-state index in [1.54, 1.807) is 12.1 Å². The van der Waals surface area contributed by atoms with Crippen LogP contribution in [0.15, 0.2) is 12.1 Å². The van der Waals surface area contributed by atoms with Gasteiger partial charge in [-0.25, -0.2) is 4.39 Å². The Hall–Kier alpha value is -2.48. The molecular weight excluding hydrogens is 425 g/mol. The number of ether oxygens (including phenoxy) is 1. The van der Waals surface area contributed by atoms with Crippen molar-refractivity contribution in [2.24, 2.45) is 11.8 Å². The Bertz CT molecular complexity index is 1000. The highest BCUT2D eigenvalue weighted by Gasteiger charge is 2.45. The quantitative estimate of drug-likeness (QED) is 0.691. The number of carbonyl (C=O) groups is 3. The summed E-state index contributed by atoms with van der Waals surface area (Å²) in [7, 11) is 0. The van der Waals surface area contributed by atoms with Crippen LogP contribution >= 0.6 is 0 Å². The molecule has 4 fully saturated rings. The van der Waals surface area contributed by atoms with Crippen molar-refractivity contribution in [3.8, 4) is 5.75 Å². The summed E-state index contributed by atoms with van der Waals surface area (Å²) in [5.41, 5.74) is 0.562. The molecular formula is C25H30FN3O4. The summed E-state index contributed by atoms with van der Waals surface area (Å²) in [4.78, 5) is 40.5. The maximum absolute atomic E-state index is 15.5. The van der Waals surface area contributed by atoms with Crippen molar-refractivity contribution in [1.29, 1.82) is 0 Å². The molecule has 0 radical (unpaired) electrons. The van der Waals surface area contributed by atoms with E-state index in [1.165, 1.54) is 24.2 Å². The van der Waals surface area contributed by atoms with Crippen molar-refractivity contribution < 1.29 is 23.5 Å². The lowest BCUT2D eigenvalue weighted by molar-refractivity contribution is -0.136. The third-order valence-electron chi connectivity index (χ3n) is 8.26. The molecule has 8 heteroatoms. The first kappa shape index (κ1) is 21.1. The van der Waals surface area contributed by atoms with Crippen LogP contribution in [-0.4, -0.2) is 58.8 Å². The SMILES string of the molecule is O=C1CCC(N2Cc3c(ccc(O[C@H]4CCCC[C@@H]4N4CC(C5CC5)C4)c3F)C2=O)C(=O)N1. The average molecular weight is 456 g/mol. The van der Waals surface area contributed by atoms with E-state index in [-0.39, 0.29) is 54.2 Å². The lowest BCUT2D eigenvalue weighted by Gasteiger charge is -2.48. The number of nitrogens with one attached hydrogen (secondary N) is 1. The number of imide groups is 1. The Labute approximate surface area is 192 Å². The molecule has 0 aromatic heterocycles. The predicted molar refractivity (Wildman–Crippen MR) is 117 cm³/mol. The number of likely N-dealkylation sites (tertiary alicyclic amines) is 1. The summed E-state index contributed by atoms with van der Waals surface area (Å²) in [6.45, 7) is 2.29. The number of amides is 3. The van der Waals surface area contributed by atoms with E-state index < -0.39 is 17.8 Å². The van der Waals surface area contributed by atoms with Gasteiger partial charge >= 0.3 is 0 Å². The van der Waals surface area contributed by atoms with Gasteiger partial charge in [-0.3, -0.25) is 24.6 Å². The Kier molecular flexibility index (Phi) is 5.16. The molecule has 7 nitrogen and oxygen atoms in total. The number of rotatable bonds is 5. The Morgan fingerprint density at radius 3 is 2.52 bits per heavy atom. The lowest BCUT2D eigenvalue weighted by atomic mass is 9.85. The average Bonchev–Trinajstić information content (AvgIpc) is 3.54. The molecule has 0 spiro atoms. The summed E-state index contributed by atoms with van der Waals surface area (Å²) < 4.78 is 21.8. The zero-order valence-corrected chi connectivity index (χ0v) is 18.7. The Morgan fingerprint density at radius 1 is 0.970 bits per heavy atom. The van der Waals surface area contributed by atoms with Gasteiger partial charge in [0.1, 0.15) is 12.1 Å². The van der Waals surface area contributed by atoms with Crippen LogP contribution in [0, 0.1) is 17.7 Å². The predicted octanol–water partition coefficient (Wildman–Crippen LogP) is 2.62. The number of fused-ring (bicyclic) bond motifs is 1. The first-order chi connectivity index (χ1) is 16.0. The van der Waals surface area contributed by atoms with Gasteiger partial charge in [-0.15, -0.1) is 0 Å². The number of piperidine rings is 1. The van der Waals surface area contributed by atoms with Gasteiger partial charge in [0, 0.05) is 36.7 Å². The summed E-state index contributed by atoms with van der Waals surface area (Å²) in [6, 6.07) is 2.75. The number of benzene rings is 1. The van der Waals surface area contributed by atoms with Gasteiger partial charge < -0.3 is 9.64 Å². The van der Waals surface area contributed by atoms with Crippen molar-refractivity contribution >= 4 is 17.7 Å². The van der Waals surface area contributed by atoms with Crippen LogP contribution in [-0.2, 0) is 16.1 Å². The van der Waals surface area contributed by atoms with Crippen LogP contribution in [0.4, 0.5) is 4.39 Å². The van der Waals surface area contributed by atoms with Crippen molar-refractivity contribution in [3.05, 3.63) is 29.1 Å². The monoisotopic (exact) mass is 455 g/mol. The van der Waals surface area contributed by atoms with Crippen LogP contribution in [0.3, 0.4) is 0 Å². The largest absolute Gasteiger partial charge is 0.486 e.